The van der Waals surface area contributed by atoms with Crippen LogP contribution in [-0.2, 0) is 36.2 Å². The van der Waals surface area contributed by atoms with Crippen molar-refractivity contribution in [3.05, 3.63) is 0 Å². The second kappa shape index (κ2) is 27.0. The van der Waals surface area contributed by atoms with Crippen LogP contribution in [0.25, 0.3) is 0 Å². The van der Waals surface area contributed by atoms with Gasteiger partial charge in [-0.2, -0.15) is 0 Å². The Balaban J connectivity index is 0.000000188. The predicted molar refractivity (Wildman–Crippen MR) is 305 cm³/mol. The summed E-state index contributed by atoms with van der Waals surface area (Å²) in [6.45, 7) is 30.9. The molecule has 0 aromatic rings. The Bertz CT molecular complexity index is 1810. The van der Waals surface area contributed by atoms with Crippen LogP contribution >= 0.6 is 0 Å². The van der Waals surface area contributed by atoms with E-state index in [0.717, 1.165) is 90.4 Å². The van der Waals surface area contributed by atoms with Crippen molar-refractivity contribution in [2.45, 2.75) is 276 Å². The third kappa shape index (κ3) is 18.2. The maximum absolute atomic E-state index is 12.6. The van der Waals surface area contributed by atoms with Gasteiger partial charge in [-0.3, -0.25) is 4.79 Å². The molecule has 4 spiro atoms. The van der Waals surface area contributed by atoms with E-state index in [0.29, 0.717) is 41.8 Å². The first kappa shape index (κ1) is 63.1. The highest BCUT2D eigenvalue weighted by Crippen LogP contribution is 2.47. The van der Waals surface area contributed by atoms with Gasteiger partial charge in [-0.05, 0) is 228 Å². The topological polar surface area (TPSA) is 184 Å². The Morgan fingerprint density at radius 2 is 0.878 bits per heavy atom. The zero-order valence-corrected chi connectivity index (χ0v) is 50.6. The Kier molecular flexibility index (Phi) is 23.0. The van der Waals surface area contributed by atoms with Crippen molar-refractivity contribution in [3.8, 4) is 0 Å². The van der Waals surface area contributed by atoms with Gasteiger partial charge < -0.3 is 35.6 Å². The van der Waals surface area contributed by atoms with Crippen molar-refractivity contribution < 1.29 is 32.3 Å². The molecule has 8 rings (SSSR count). The number of Topliss-reactive ketones (excluding diaryl/α,β-unsaturated/α-hetero) is 1. The molecule has 4 saturated heterocycles. The van der Waals surface area contributed by atoms with E-state index < -0.39 is 33.2 Å². The number of carbonyl (C=O) groups is 3. The molecule has 74 heavy (non-hydrogen) atoms. The van der Waals surface area contributed by atoms with Crippen LogP contribution in [0.5, 0.6) is 0 Å². The van der Waals surface area contributed by atoms with Gasteiger partial charge >= 0.3 is 12.2 Å². The highest BCUT2D eigenvalue weighted by molar-refractivity contribution is 7.84. The molecule has 14 nitrogen and oxygen atoms in total. The highest BCUT2D eigenvalue weighted by atomic mass is 32.2. The largest absolute Gasteiger partial charge is 0.444 e. The van der Waals surface area contributed by atoms with E-state index in [1.807, 2.05) is 88.0 Å². The first-order chi connectivity index (χ1) is 34.5. The van der Waals surface area contributed by atoms with E-state index in [1.165, 1.54) is 103 Å². The average Bonchev–Trinajstić information content (AvgIpc) is 3.32. The van der Waals surface area contributed by atoms with E-state index in [4.69, 9.17) is 15.2 Å². The van der Waals surface area contributed by atoms with Gasteiger partial charge in [0.25, 0.3) is 0 Å². The first-order valence-corrected chi connectivity index (χ1v) is 31.9. The van der Waals surface area contributed by atoms with Crippen molar-refractivity contribution in [2.24, 2.45) is 27.4 Å². The van der Waals surface area contributed by atoms with E-state index in [-0.39, 0.29) is 38.6 Å². The number of piperidine rings is 4. The molecular formula is C58H109N7O7S2. The summed E-state index contributed by atoms with van der Waals surface area (Å²) in [4.78, 5) is 40.0. The molecule has 16 heteroatoms. The number of nitrogens with zero attached hydrogens (tertiary/aromatic N) is 2. The van der Waals surface area contributed by atoms with Crippen LogP contribution in [0, 0.1) is 21.7 Å². The number of rotatable bonds is 4. The minimum atomic E-state index is -1.05. The predicted octanol–water partition coefficient (Wildman–Crippen LogP) is 10.8. The lowest BCUT2D eigenvalue weighted by Crippen LogP contribution is -2.56. The monoisotopic (exact) mass is 1080 g/mol. The molecule has 4 heterocycles. The highest BCUT2D eigenvalue weighted by Gasteiger charge is 2.47. The van der Waals surface area contributed by atoms with E-state index in [2.05, 4.69) is 20.1 Å². The standard InChI is InChI=1S/C19H36N2O3S.C15H25NO3.C14H28N2OS.C10H20N2/c1-17(2,3)24-16(22)21-13-11-19(12-14-21)10-8-7-9-15(19)20-25(23)18(4,5)6;1-14(2,3)19-13(18)16-10-8-15(9-11-16)7-5-4-6-12(15)17;1-13(2,3)18(17)16-12-6-4-5-7-14(12)8-10-15-11-9-14;11-9-3-1-2-4-10(9)5-7-12-8-6-10/h15,20H,7-14H2,1-6H3;4-11H2,1-3H3;12,15-16H,4-11H2,1-3H3;9,12H,1-8,11H2. The van der Waals surface area contributed by atoms with Crippen molar-refractivity contribution in [1.29, 1.82) is 0 Å². The summed E-state index contributed by atoms with van der Waals surface area (Å²) >= 11 is 0. The van der Waals surface area contributed by atoms with E-state index in [9.17, 15) is 22.8 Å². The summed E-state index contributed by atoms with van der Waals surface area (Å²) < 4.78 is 42.3. The second-order valence-corrected chi connectivity index (χ2v) is 31.9. The summed E-state index contributed by atoms with van der Waals surface area (Å²) in [7, 11) is -1.98. The molecule has 8 aliphatic rings. The molecule has 8 fully saturated rings. The number of ether oxygens (including phenoxy) is 2. The number of likely N-dealkylation sites (tertiary alicyclic amines) is 2. The van der Waals surface area contributed by atoms with Crippen LogP contribution < -0.4 is 25.8 Å². The number of amides is 2. The lowest BCUT2D eigenvalue weighted by atomic mass is 9.65. The maximum atomic E-state index is 12.6. The molecule has 0 aromatic heterocycles. The minimum Gasteiger partial charge on any atom is -0.444 e. The molecule has 0 bridgehead atoms. The number of ketones is 1. The summed E-state index contributed by atoms with van der Waals surface area (Å²) in [6, 6.07) is 1.23. The van der Waals surface area contributed by atoms with Crippen LogP contribution in [0.4, 0.5) is 9.59 Å². The molecule has 6 N–H and O–H groups in total. The second-order valence-electron chi connectivity index (χ2n) is 27.9. The quantitative estimate of drug-likeness (QED) is 0.182. The lowest BCUT2D eigenvalue weighted by molar-refractivity contribution is -0.134. The molecule has 4 aliphatic heterocycles. The van der Waals surface area contributed by atoms with E-state index in [1.54, 1.807) is 4.90 Å². The minimum absolute atomic E-state index is 0.128. The Morgan fingerprint density at radius 3 is 1.27 bits per heavy atom. The van der Waals surface area contributed by atoms with Gasteiger partial charge in [-0.25, -0.2) is 27.5 Å². The van der Waals surface area contributed by atoms with Crippen molar-refractivity contribution in [2.75, 3.05) is 52.4 Å². The Hall–Kier alpha value is -1.69. The lowest BCUT2D eigenvalue weighted by Gasteiger charge is -2.49. The first-order valence-electron chi connectivity index (χ1n) is 29.6. The third-order valence-corrected chi connectivity index (χ3v) is 21.3. The number of hydrogen-bond donors (Lipinski definition) is 5. The molecule has 2 amide bonds. The summed E-state index contributed by atoms with van der Waals surface area (Å²) in [5.41, 5.74) is 6.29. The molecule has 4 saturated carbocycles. The fourth-order valence-electron chi connectivity index (χ4n) is 13.2. The number of hydrogen-bond acceptors (Lipinski definition) is 10. The molecule has 5 atom stereocenters. The van der Waals surface area contributed by atoms with Crippen LogP contribution in [0.3, 0.4) is 0 Å². The molecule has 4 aliphatic carbocycles. The van der Waals surface area contributed by atoms with E-state index >= 15 is 0 Å². The van der Waals surface area contributed by atoms with Gasteiger partial charge in [0.15, 0.2) is 0 Å². The van der Waals surface area contributed by atoms with Crippen LogP contribution in [0.15, 0.2) is 0 Å². The van der Waals surface area contributed by atoms with Gasteiger partial charge in [0.05, 0.1) is 31.5 Å². The molecule has 0 aromatic carbocycles. The van der Waals surface area contributed by atoms with Crippen molar-refractivity contribution in [1.82, 2.24) is 29.9 Å². The SMILES string of the molecule is CC(C)(C)OC(=O)N1CCC2(CCCCC2=O)CC1.CC(C)(C)OC(=O)N1CCC2(CCCCC2NS(=O)C(C)(C)C)CC1.CC(C)(C)S(=O)NC1CCCCC12CCNCC2.NC1CCCCC12CCNCC2. The van der Waals surface area contributed by atoms with Crippen LogP contribution in [-0.4, -0.2) is 127 Å². The smallest absolute Gasteiger partial charge is 0.410 e. The summed E-state index contributed by atoms with van der Waals surface area (Å²) in [5.74, 6) is 0.419. The molecular weight excluding hydrogens is 971 g/mol. The Morgan fingerprint density at radius 1 is 0.514 bits per heavy atom. The number of nitrogens with two attached hydrogens (primary N) is 1. The number of nitrogens with one attached hydrogen (secondary N) is 4. The van der Waals surface area contributed by atoms with Gasteiger partial charge in [0, 0.05) is 56.1 Å². The molecule has 5 unspecified atom stereocenters. The average molecular weight is 1080 g/mol. The number of carbonyl (C=O) groups excluding carboxylic acids is 3. The van der Waals surface area contributed by atoms with Crippen LogP contribution in [0.2, 0.25) is 0 Å². The fourth-order valence-corrected chi connectivity index (χ4v) is 15.1. The van der Waals surface area contributed by atoms with Gasteiger partial charge in [-0.1, -0.05) is 44.9 Å². The maximum Gasteiger partial charge on any atom is 0.410 e. The summed E-state index contributed by atoms with van der Waals surface area (Å²) in [6.07, 6.45) is 27.4. The zero-order chi connectivity index (χ0) is 54.6. The Labute approximate surface area is 455 Å². The van der Waals surface area contributed by atoms with Gasteiger partial charge in [0.2, 0.25) is 0 Å². The zero-order valence-electron chi connectivity index (χ0n) is 49.0. The fraction of sp³-hybridized carbons (Fsp3) is 0.948. The van der Waals surface area contributed by atoms with Crippen LogP contribution in [0.1, 0.15) is 237 Å². The normalized spacial score (nSPS) is 27.8. The van der Waals surface area contributed by atoms with Gasteiger partial charge in [0.1, 0.15) is 17.0 Å². The molecule has 430 valence electrons. The van der Waals surface area contributed by atoms with Crippen molar-refractivity contribution >= 4 is 39.9 Å². The summed E-state index contributed by atoms with van der Waals surface area (Å²) in [5, 5.41) is 6.88. The third-order valence-electron chi connectivity index (χ3n) is 18.0. The molecule has 0 radical (unpaired) electrons. The van der Waals surface area contributed by atoms with Crippen molar-refractivity contribution in [3.63, 3.8) is 0 Å². The van der Waals surface area contributed by atoms with Gasteiger partial charge in [-0.15, -0.1) is 0 Å².